The first-order valence-electron chi connectivity index (χ1n) is 5.50. The molecule has 2 unspecified atom stereocenters. The molecule has 0 aliphatic carbocycles. The fraction of sp³-hybridized carbons (Fsp3) is 0.385. The monoisotopic (exact) mass is 217 g/mol. The smallest absolute Gasteiger partial charge is 0.233 e. The van der Waals surface area contributed by atoms with Crippen LogP contribution in [0.4, 0.5) is 0 Å². The second kappa shape index (κ2) is 4.08. The van der Waals surface area contributed by atoms with Crippen molar-refractivity contribution in [2.24, 2.45) is 11.8 Å². The average Bonchev–Trinajstić information content (AvgIpc) is 2.48. The van der Waals surface area contributed by atoms with E-state index in [0.717, 1.165) is 5.56 Å². The van der Waals surface area contributed by atoms with Crippen LogP contribution in [-0.4, -0.2) is 16.7 Å². The van der Waals surface area contributed by atoms with Gasteiger partial charge in [-0.15, -0.1) is 0 Å². The van der Waals surface area contributed by atoms with Gasteiger partial charge in [0.05, 0.1) is 6.54 Å². The van der Waals surface area contributed by atoms with Crippen molar-refractivity contribution in [3.05, 3.63) is 35.9 Å². The van der Waals surface area contributed by atoms with E-state index in [1.807, 2.05) is 44.2 Å². The Morgan fingerprint density at radius 2 is 1.50 bits per heavy atom. The van der Waals surface area contributed by atoms with Crippen LogP contribution in [0.15, 0.2) is 30.3 Å². The van der Waals surface area contributed by atoms with Gasteiger partial charge in [-0.05, 0) is 5.56 Å². The minimum absolute atomic E-state index is 0.0543. The van der Waals surface area contributed by atoms with Crippen molar-refractivity contribution in [1.82, 2.24) is 4.90 Å². The standard InChI is InChI=1S/C13H15NO2/c1-9-10(2)13(16)14(12(9)15)8-11-6-4-3-5-7-11/h3-7,9-10H,8H2,1-2H3. The molecule has 1 saturated heterocycles. The summed E-state index contributed by atoms with van der Waals surface area (Å²) in [4.78, 5) is 25.0. The van der Waals surface area contributed by atoms with Crippen LogP contribution in [0.5, 0.6) is 0 Å². The third-order valence-electron chi connectivity index (χ3n) is 3.24. The van der Waals surface area contributed by atoms with Crippen LogP contribution in [0.25, 0.3) is 0 Å². The second-order valence-electron chi connectivity index (χ2n) is 4.33. The lowest BCUT2D eigenvalue weighted by Crippen LogP contribution is -2.30. The Labute approximate surface area is 95.1 Å². The molecule has 0 bridgehead atoms. The van der Waals surface area contributed by atoms with Crippen LogP contribution in [0.3, 0.4) is 0 Å². The fourth-order valence-corrected chi connectivity index (χ4v) is 1.95. The number of likely N-dealkylation sites (tertiary alicyclic amines) is 1. The zero-order valence-corrected chi connectivity index (χ0v) is 9.51. The maximum Gasteiger partial charge on any atom is 0.233 e. The van der Waals surface area contributed by atoms with Gasteiger partial charge in [-0.25, -0.2) is 0 Å². The Hall–Kier alpha value is -1.64. The molecule has 1 heterocycles. The molecular weight excluding hydrogens is 202 g/mol. The van der Waals surface area contributed by atoms with Crippen molar-refractivity contribution in [3.8, 4) is 0 Å². The number of amides is 2. The van der Waals surface area contributed by atoms with E-state index in [9.17, 15) is 9.59 Å². The Balaban J connectivity index is 2.17. The van der Waals surface area contributed by atoms with Gasteiger partial charge in [-0.1, -0.05) is 44.2 Å². The van der Waals surface area contributed by atoms with Crippen molar-refractivity contribution in [3.63, 3.8) is 0 Å². The predicted octanol–water partition coefficient (Wildman–Crippen LogP) is 1.83. The average molecular weight is 217 g/mol. The van der Waals surface area contributed by atoms with Gasteiger partial charge in [-0.2, -0.15) is 0 Å². The van der Waals surface area contributed by atoms with E-state index >= 15 is 0 Å². The van der Waals surface area contributed by atoms with E-state index in [-0.39, 0.29) is 23.7 Å². The molecule has 16 heavy (non-hydrogen) atoms. The topological polar surface area (TPSA) is 37.4 Å². The normalized spacial score (nSPS) is 25.2. The minimum Gasteiger partial charge on any atom is -0.278 e. The highest BCUT2D eigenvalue weighted by molar-refractivity contribution is 6.04. The summed E-state index contributed by atoms with van der Waals surface area (Å²) in [6, 6.07) is 9.59. The van der Waals surface area contributed by atoms with E-state index < -0.39 is 0 Å². The van der Waals surface area contributed by atoms with Crippen LogP contribution in [-0.2, 0) is 16.1 Å². The first kappa shape index (κ1) is 10.9. The van der Waals surface area contributed by atoms with Crippen LogP contribution in [0.2, 0.25) is 0 Å². The summed E-state index contributed by atoms with van der Waals surface area (Å²) in [6.45, 7) is 4.03. The highest BCUT2D eigenvalue weighted by atomic mass is 16.2. The minimum atomic E-state index is -0.184. The molecule has 2 amide bonds. The third-order valence-corrected chi connectivity index (χ3v) is 3.24. The van der Waals surface area contributed by atoms with Crippen LogP contribution in [0, 0.1) is 11.8 Å². The van der Waals surface area contributed by atoms with Gasteiger partial charge in [0.15, 0.2) is 0 Å². The molecule has 1 aliphatic rings. The SMILES string of the molecule is CC1C(=O)N(Cc2ccccc2)C(=O)C1C. The molecule has 2 atom stereocenters. The largest absolute Gasteiger partial charge is 0.278 e. The van der Waals surface area contributed by atoms with Crippen LogP contribution >= 0.6 is 0 Å². The maximum absolute atomic E-state index is 11.8. The first-order valence-corrected chi connectivity index (χ1v) is 5.50. The second-order valence-corrected chi connectivity index (χ2v) is 4.33. The summed E-state index contributed by atoms with van der Waals surface area (Å²) in [5.41, 5.74) is 0.991. The molecule has 0 aromatic heterocycles. The van der Waals surface area contributed by atoms with Crippen LogP contribution < -0.4 is 0 Å². The molecule has 0 radical (unpaired) electrons. The van der Waals surface area contributed by atoms with Gasteiger partial charge in [0.25, 0.3) is 0 Å². The fourth-order valence-electron chi connectivity index (χ4n) is 1.95. The van der Waals surface area contributed by atoms with E-state index in [4.69, 9.17) is 0 Å². The van der Waals surface area contributed by atoms with Gasteiger partial charge >= 0.3 is 0 Å². The summed E-state index contributed by atoms with van der Waals surface area (Å²) in [7, 11) is 0. The van der Waals surface area contributed by atoms with Crippen molar-refractivity contribution in [2.45, 2.75) is 20.4 Å². The molecule has 3 heteroatoms. The summed E-state index contributed by atoms with van der Waals surface area (Å²) in [5, 5.41) is 0. The molecule has 1 aromatic rings. The molecule has 0 N–H and O–H groups in total. The van der Waals surface area contributed by atoms with Gasteiger partial charge in [0.2, 0.25) is 11.8 Å². The Morgan fingerprint density at radius 1 is 1.00 bits per heavy atom. The molecule has 1 aromatic carbocycles. The summed E-state index contributed by atoms with van der Waals surface area (Å²) < 4.78 is 0. The zero-order chi connectivity index (χ0) is 11.7. The highest BCUT2D eigenvalue weighted by Crippen LogP contribution is 2.26. The number of hydrogen-bond acceptors (Lipinski definition) is 2. The number of nitrogens with zero attached hydrogens (tertiary/aromatic N) is 1. The lowest BCUT2D eigenvalue weighted by Gasteiger charge is -2.14. The Kier molecular flexibility index (Phi) is 2.77. The van der Waals surface area contributed by atoms with E-state index in [1.165, 1.54) is 4.90 Å². The number of imide groups is 1. The molecule has 2 rings (SSSR count). The summed E-state index contributed by atoms with van der Waals surface area (Å²) in [6.07, 6.45) is 0. The number of benzene rings is 1. The van der Waals surface area contributed by atoms with E-state index in [0.29, 0.717) is 6.54 Å². The van der Waals surface area contributed by atoms with Crippen molar-refractivity contribution >= 4 is 11.8 Å². The Bertz CT molecular complexity index is 393. The molecule has 1 fully saturated rings. The van der Waals surface area contributed by atoms with Gasteiger partial charge in [-0.3, -0.25) is 14.5 Å². The van der Waals surface area contributed by atoms with E-state index in [1.54, 1.807) is 0 Å². The molecule has 0 saturated carbocycles. The van der Waals surface area contributed by atoms with Crippen molar-refractivity contribution in [1.29, 1.82) is 0 Å². The molecule has 1 aliphatic heterocycles. The molecule has 84 valence electrons. The Morgan fingerprint density at radius 3 is 2.00 bits per heavy atom. The molecule has 3 nitrogen and oxygen atoms in total. The van der Waals surface area contributed by atoms with Crippen LogP contribution in [0.1, 0.15) is 19.4 Å². The number of rotatable bonds is 2. The lowest BCUT2D eigenvalue weighted by atomic mass is 10.00. The quantitative estimate of drug-likeness (QED) is 0.709. The predicted molar refractivity (Wildman–Crippen MR) is 60.3 cm³/mol. The third kappa shape index (κ3) is 1.73. The van der Waals surface area contributed by atoms with Gasteiger partial charge in [0, 0.05) is 11.8 Å². The number of carbonyl (C=O) groups is 2. The lowest BCUT2D eigenvalue weighted by molar-refractivity contribution is -0.140. The van der Waals surface area contributed by atoms with Crippen molar-refractivity contribution < 1.29 is 9.59 Å². The summed E-state index contributed by atoms with van der Waals surface area (Å²) >= 11 is 0. The maximum atomic E-state index is 11.8. The zero-order valence-electron chi connectivity index (χ0n) is 9.51. The molecule has 0 spiro atoms. The van der Waals surface area contributed by atoms with E-state index in [2.05, 4.69) is 0 Å². The number of hydrogen-bond donors (Lipinski definition) is 0. The molecular formula is C13H15NO2. The first-order chi connectivity index (χ1) is 7.61. The summed E-state index contributed by atoms with van der Waals surface area (Å²) in [5.74, 6) is -0.477. The van der Waals surface area contributed by atoms with Gasteiger partial charge < -0.3 is 0 Å². The van der Waals surface area contributed by atoms with Gasteiger partial charge in [0.1, 0.15) is 0 Å². The highest BCUT2D eigenvalue weighted by Gasteiger charge is 2.41. The number of carbonyl (C=O) groups excluding carboxylic acids is 2. The van der Waals surface area contributed by atoms with Crippen molar-refractivity contribution in [2.75, 3.05) is 0 Å².